The maximum Gasteiger partial charge on any atom is 0.253 e. The molecule has 26 heavy (non-hydrogen) atoms. The average molecular weight is 363 g/mol. The predicted octanol–water partition coefficient (Wildman–Crippen LogP) is -0.305. The molecule has 9 heteroatoms. The van der Waals surface area contributed by atoms with Crippen molar-refractivity contribution in [2.45, 2.75) is 32.6 Å². The Bertz CT molecular complexity index is 598. The van der Waals surface area contributed by atoms with Gasteiger partial charge in [-0.15, -0.1) is 0 Å². The van der Waals surface area contributed by atoms with Crippen LogP contribution in [0.1, 0.15) is 32.6 Å². The number of amides is 4. The number of hydrogen-bond donors (Lipinski definition) is 1. The summed E-state index contributed by atoms with van der Waals surface area (Å²) in [7, 11) is 0. The smallest absolute Gasteiger partial charge is 0.253 e. The molecule has 1 N–H and O–H groups in total. The van der Waals surface area contributed by atoms with E-state index >= 15 is 0 Å². The van der Waals surface area contributed by atoms with Gasteiger partial charge in [-0.25, -0.2) is 0 Å². The molecule has 1 saturated heterocycles. The first-order chi connectivity index (χ1) is 12.5. The summed E-state index contributed by atoms with van der Waals surface area (Å²) >= 11 is 0. The quantitative estimate of drug-likeness (QED) is 0.262. The zero-order chi connectivity index (χ0) is 18.9. The third kappa shape index (κ3) is 5.40. The van der Waals surface area contributed by atoms with Crippen molar-refractivity contribution in [2.75, 3.05) is 32.8 Å². The Balaban J connectivity index is 1.61. The lowest BCUT2D eigenvalue weighted by atomic mass is 10.1. The molecule has 0 aromatic carbocycles. The normalized spacial score (nSPS) is 17.7. The molecule has 0 atom stereocenters. The van der Waals surface area contributed by atoms with Crippen LogP contribution in [0.3, 0.4) is 0 Å². The van der Waals surface area contributed by atoms with Gasteiger partial charge in [0, 0.05) is 44.4 Å². The molecule has 2 aliphatic heterocycles. The fourth-order valence-corrected chi connectivity index (χ4v) is 2.84. The Morgan fingerprint density at radius 3 is 2.54 bits per heavy atom. The van der Waals surface area contributed by atoms with E-state index in [-0.39, 0.29) is 30.2 Å². The van der Waals surface area contributed by atoms with Crippen molar-refractivity contribution in [3.63, 3.8) is 0 Å². The van der Waals surface area contributed by atoms with Gasteiger partial charge in [0.05, 0.1) is 6.54 Å². The van der Waals surface area contributed by atoms with Gasteiger partial charge in [-0.2, -0.15) is 5.10 Å². The Kier molecular flexibility index (Phi) is 7.31. The largest absolute Gasteiger partial charge is 0.332 e. The maximum absolute atomic E-state index is 12.2. The molecule has 0 aliphatic carbocycles. The van der Waals surface area contributed by atoms with Gasteiger partial charge in [0.1, 0.15) is 6.67 Å². The molecule has 2 rings (SSSR count). The first kappa shape index (κ1) is 19.6. The number of nitrogens with zero attached hydrogens (tertiary/aromatic N) is 4. The van der Waals surface area contributed by atoms with E-state index in [1.165, 1.54) is 17.1 Å². The summed E-state index contributed by atoms with van der Waals surface area (Å²) in [5.41, 5.74) is 2.77. The Labute approximate surface area is 152 Å². The van der Waals surface area contributed by atoms with E-state index in [1.54, 1.807) is 22.9 Å². The highest BCUT2D eigenvalue weighted by Crippen LogP contribution is 2.10. The van der Waals surface area contributed by atoms with Gasteiger partial charge < -0.3 is 9.80 Å². The fourth-order valence-electron chi connectivity index (χ4n) is 2.84. The number of imide groups is 1. The van der Waals surface area contributed by atoms with Crippen molar-refractivity contribution < 1.29 is 19.2 Å². The Morgan fingerprint density at radius 2 is 1.88 bits per heavy atom. The van der Waals surface area contributed by atoms with Crippen LogP contribution in [0.5, 0.6) is 0 Å². The van der Waals surface area contributed by atoms with Crippen molar-refractivity contribution in [2.24, 2.45) is 5.10 Å². The van der Waals surface area contributed by atoms with E-state index in [0.717, 1.165) is 6.42 Å². The molecule has 0 radical (unpaired) electrons. The van der Waals surface area contributed by atoms with Crippen molar-refractivity contribution >= 4 is 29.8 Å². The van der Waals surface area contributed by atoms with E-state index in [2.05, 4.69) is 10.5 Å². The van der Waals surface area contributed by atoms with Gasteiger partial charge in [-0.1, -0.05) is 6.42 Å². The van der Waals surface area contributed by atoms with Crippen LogP contribution in [0.2, 0.25) is 0 Å². The molecular formula is C17H25N5O4. The second kappa shape index (κ2) is 9.69. The molecule has 0 saturated carbocycles. The lowest BCUT2D eigenvalue weighted by Gasteiger charge is -2.34. The van der Waals surface area contributed by atoms with Gasteiger partial charge in [0.15, 0.2) is 0 Å². The monoisotopic (exact) mass is 363 g/mol. The fraction of sp³-hybridized carbons (Fsp3) is 0.588. The van der Waals surface area contributed by atoms with Crippen LogP contribution in [-0.4, -0.2) is 77.4 Å². The van der Waals surface area contributed by atoms with Gasteiger partial charge in [-0.3, -0.25) is 29.5 Å². The minimum absolute atomic E-state index is 0.0347. The van der Waals surface area contributed by atoms with Gasteiger partial charge in [0.25, 0.3) is 11.8 Å². The maximum atomic E-state index is 12.2. The highest BCUT2D eigenvalue weighted by atomic mass is 16.2. The lowest BCUT2D eigenvalue weighted by molar-refractivity contribution is -0.145. The van der Waals surface area contributed by atoms with Crippen molar-refractivity contribution in [1.29, 1.82) is 0 Å². The highest BCUT2D eigenvalue weighted by Gasteiger charge is 2.26. The first-order valence-corrected chi connectivity index (χ1v) is 8.82. The molecule has 4 amide bonds. The number of hydrogen-bond acceptors (Lipinski definition) is 6. The average Bonchev–Trinajstić information content (AvgIpc) is 2.94. The van der Waals surface area contributed by atoms with Crippen LogP contribution in [-0.2, 0) is 19.2 Å². The van der Waals surface area contributed by atoms with Crippen LogP contribution in [0.4, 0.5) is 0 Å². The molecule has 0 aromatic rings. The van der Waals surface area contributed by atoms with Crippen LogP contribution in [0, 0.1) is 0 Å². The molecule has 9 nitrogen and oxygen atoms in total. The van der Waals surface area contributed by atoms with E-state index in [1.807, 2.05) is 0 Å². The lowest BCUT2D eigenvalue weighted by Crippen LogP contribution is -2.53. The molecule has 2 heterocycles. The van der Waals surface area contributed by atoms with Gasteiger partial charge >= 0.3 is 0 Å². The van der Waals surface area contributed by atoms with Crippen LogP contribution in [0.25, 0.3) is 0 Å². The van der Waals surface area contributed by atoms with Crippen LogP contribution < -0.4 is 5.43 Å². The molecular weight excluding hydrogens is 338 g/mol. The topological polar surface area (TPSA) is 102 Å². The summed E-state index contributed by atoms with van der Waals surface area (Å²) < 4.78 is 0. The standard InChI is InChI=1S/C17H25N5O4/c1-2-18-19-13-21-11-10-20(12-17(21)26)14(23)6-4-3-5-9-22-15(24)7-8-16(22)25/h2,7-8,19H,3-6,9-13H2,1H3/b18-2+. The molecule has 1 fully saturated rings. The molecule has 0 aromatic heterocycles. The number of hydrazone groups is 1. The third-order valence-corrected chi connectivity index (χ3v) is 4.33. The van der Waals surface area contributed by atoms with Crippen LogP contribution >= 0.6 is 0 Å². The minimum Gasteiger partial charge on any atom is -0.332 e. The molecule has 0 unspecified atom stereocenters. The number of unbranched alkanes of at least 4 members (excludes halogenated alkanes) is 2. The highest BCUT2D eigenvalue weighted by molar-refractivity contribution is 6.12. The summed E-state index contributed by atoms with van der Waals surface area (Å²) in [5.74, 6) is -0.683. The number of nitrogens with one attached hydrogen (secondary N) is 1. The van der Waals surface area contributed by atoms with E-state index in [4.69, 9.17) is 0 Å². The second-order valence-electron chi connectivity index (χ2n) is 6.15. The number of piperazine rings is 1. The van der Waals surface area contributed by atoms with E-state index in [0.29, 0.717) is 45.6 Å². The zero-order valence-corrected chi connectivity index (χ0v) is 15.0. The summed E-state index contributed by atoms with van der Waals surface area (Å²) in [5, 5.41) is 3.85. The zero-order valence-electron chi connectivity index (χ0n) is 15.0. The van der Waals surface area contributed by atoms with Crippen LogP contribution in [0.15, 0.2) is 17.3 Å². The third-order valence-electron chi connectivity index (χ3n) is 4.33. The SMILES string of the molecule is C/C=N/NCN1CCN(C(=O)CCCCCN2C(=O)C=CC2=O)CC1=O. The molecule has 142 valence electrons. The first-order valence-electron chi connectivity index (χ1n) is 8.82. The van der Waals surface area contributed by atoms with E-state index < -0.39 is 0 Å². The molecule has 2 aliphatic rings. The Morgan fingerprint density at radius 1 is 1.15 bits per heavy atom. The van der Waals surface area contributed by atoms with Gasteiger partial charge in [-0.05, 0) is 19.8 Å². The number of carbonyl (C=O) groups is 4. The summed E-state index contributed by atoms with van der Waals surface area (Å²) in [4.78, 5) is 51.5. The van der Waals surface area contributed by atoms with Crippen molar-refractivity contribution in [3.05, 3.63) is 12.2 Å². The predicted molar refractivity (Wildman–Crippen MR) is 94.8 cm³/mol. The molecule has 0 spiro atoms. The number of carbonyl (C=O) groups excluding carboxylic acids is 4. The van der Waals surface area contributed by atoms with E-state index in [9.17, 15) is 19.2 Å². The van der Waals surface area contributed by atoms with Gasteiger partial charge in [0.2, 0.25) is 11.8 Å². The summed E-state index contributed by atoms with van der Waals surface area (Å²) in [6.07, 6.45) is 6.60. The minimum atomic E-state index is -0.276. The second-order valence-corrected chi connectivity index (χ2v) is 6.15. The molecule has 0 bridgehead atoms. The Hall–Kier alpha value is -2.71. The van der Waals surface area contributed by atoms with Crippen molar-refractivity contribution in [3.8, 4) is 0 Å². The summed E-state index contributed by atoms with van der Waals surface area (Å²) in [6.45, 7) is 3.60. The number of rotatable bonds is 9. The van der Waals surface area contributed by atoms with Crippen molar-refractivity contribution in [1.82, 2.24) is 20.1 Å². The summed E-state index contributed by atoms with van der Waals surface area (Å²) in [6, 6.07) is 0.